The second-order valence-electron chi connectivity index (χ2n) is 14.2. The highest BCUT2D eigenvalue weighted by Crippen LogP contribution is 2.74. The molecule has 1 N–H and O–H groups in total. The van der Waals surface area contributed by atoms with Crippen molar-refractivity contribution in [1.82, 2.24) is 0 Å². The first-order valence-corrected chi connectivity index (χ1v) is 13.8. The molecule has 5 aliphatic carbocycles. The molecule has 0 aromatic carbocycles. The van der Waals surface area contributed by atoms with Gasteiger partial charge in [0.2, 0.25) is 5.70 Å². The van der Waals surface area contributed by atoms with Crippen LogP contribution in [0.5, 0.6) is 0 Å². The fraction of sp³-hybridized carbons (Fsp3) is 0.774. The van der Waals surface area contributed by atoms with Gasteiger partial charge in [-0.2, -0.15) is 0 Å². The summed E-state index contributed by atoms with van der Waals surface area (Å²) in [5, 5.41) is 10.7. The molecule has 5 rings (SSSR count). The molecule has 0 unspecified atom stereocenters. The van der Waals surface area contributed by atoms with E-state index in [0.717, 1.165) is 44.1 Å². The first-order chi connectivity index (χ1) is 16.2. The van der Waals surface area contributed by atoms with Crippen LogP contribution < -0.4 is 0 Å². The second kappa shape index (κ2) is 7.41. The number of ketones is 2. The summed E-state index contributed by atoms with van der Waals surface area (Å²) in [6.45, 7) is 23.4. The van der Waals surface area contributed by atoms with Crippen molar-refractivity contribution in [3.8, 4) is 0 Å². The maximum Gasteiger partial charge on any atom is 0.226 e. The average Bonchev–Trinajstić information content (AvgIpc) is 2.81. The third kappa shape index (κ3) is 2.83. The van der Waals surface area contributed by atoms with Gasteiger partial charge in [-0.25, -0.2) is 4.85 Å². The summed E-state index contributed by atoms with van der Waals surface area (Å²) in [7, 11) is 0. The van der Waals surface area contributed by atoms with E-state index < -0.39 is 10.8 Å². The highest BCUT2D eigenvalue weighted by atomic mass is 16.3. The Morgan fingerprint density at radius 2 is 1.71 bits per heavy atom. The maximum atomic E-state index is 14.3. The fourth-order valence-corrected chi connectivity index (χ4v) is 10.2. The Bertz CT molecular complexity index is 1090. The largest absolute Gasteiger partial charge is 0.396 e. The summed E-state index contributed by atoms with van der Waals surface area (Å²) in [6, 6.07) is 0. The molecular formula is C31H43NO3. The normalized spacial score (nSPS) is 50.5. The zero-order valence-corrected chi connectivity index (χ0v) is 22.7. The molecule has 0 saturated heterocycles. The molecule has 0 radical (unpaired) electrons. The van der Waals surface area contributed by atoms with E-state index in [1.54, 1.807) is 0 Å². The maximum absolute atomic E-state index is 14.3. The van der Waals surface area contributed by atoms with Crippen LogP contribution in [-0.2, 0) is 9.59 Å². The van der Waals surface area contributed by atoms with E-state index in [1.807, 2.05) is 26.0 Å². The van der Waals surface area contributed by atoms with Crippen molar-refractivity contribution in [1.29, 1.82) is 0 Å². The van der Waals surface area contributed by atoms with Gasteiger partial charge in [-0.15, -0.1) is 0 Å². The number of carbonyl (C=O) groups excluding carboxylic acids is 2. The highest BCUT2D eigenvalue weighted by molar-refractivity contribution is 6.03. The molecule has 35 heavy (non-hydrogen) atoms. The van der Waals surface area contributed by atoms with E-state index >= 15 is 0 Å². The van der Waals surface area contributed by atoms with Crippen LogP contribution in [0.2, 0.25) is 0 Å². The Morgan fingerprint density at radius 3 is 2.34 bits per heavy atom. The van der Waals surface area contributed by atoms with Crippen LogP contribution in [0.25, 0.3) is 4.85 Å². The molecule has 0 spiro atoms. The average molecular weight is 478 g/mol. The summed E-state index contributed by atoms with van der Waals surface area (Å²) < 4.78 is 0. The molecule has 0 aromatic rings. The van der Waals surface area contributed by atoms with Crippen LogP contribution in [-0.4, -0.2) is 23.3 Å². The Balaban J connectivity index is 1.71. The number of rotatable bonds is 1. The van der Waals surface area contributed by atoms with Crippen molar-refractivity contribution in [2.75, 3.05) is 6.61 Å². The van der Waals surface area contributed by atoms with E-state index in [0.29, 0.717) is 11.8 Å². The van der Waals surface area contributed by atoms with Gasteiger partial charge in [0.1, 0.15) is 0 Å². The monoisotopic (exact) mass is 477 g/mol. The smallest absolute Gasteiger partial charge is 0.226 e. The van der Waals surface area contributed by atoms with Gasteiger partial charge in [0.05, 0.1) is 6.57 Å². The van der Waals surface area contributed by atoms with Gasteiger partial charge in [-0.05, 0) is 84.5 Å². The van der Waals surface area contributed by atoms with Gasteiger partial charge in [0, 0.05) is 23.4 Å². The zero-order chi connectivity index (χ0) is 25.8. The summed E-state index contributed by atoms with van der Waals surface area (Å²) in [4.78, 5) is 31.1. The molecular weight excluding hydrogens is 434 g/mol. The standard InChI is InChI=1S/C31H43NO3/c1-18-9-12-31(17-33)14-13-30(7)25(24(31)19(18)2)21(34)15-23-28(5)16-20(32-8)26(35)27(3,4)22(28)10-11-29(23,30)6/h15-16,18-19,22,24-25,33H,9-14,17H2,1-7H3/t18-,19+,22+,24+,25-,28+,29-,30-,31-/m1/s1. The second-order valence-corrected chi connectivity index (χ2v) is 14.2. The highest BCUT2D eigenvalue weighted by Gasteiger charge is 2.69. The van der Waals surface area contributed by atoms with Crippen molar-refractivity contribution in [3.63, 3.8) is 0 Å². The van der Waals surface area contributed by atoms with Crippen LogP contribution in [0.15, 0.2) is 23.4 Å². The van der Waals surface area contributed by atoms with Crippen molar-refractivity contribution < 1.29 is 14.7 Å². The molecule has 5 aliphatic rings. The first-order valence-electron chi connectivity index (χ1n) is 13.8. The Morgan fingerprint density at radius 1 is 1.03 bits per heavy atom. The van der Waals surface area contributed by atoms with Crippen molar-refractivity contribution in [2.45, 2.75) is 87.0 Å². The lowest BCUT2D eigenvalue weighted by atomic mass is 9.34. The minimum Gasteiger partial charge on any atom is -0.396 e. The molecule has 4 heteroatoms. The topological polar surface area (TPSA) is 58.7 Å². The van der Waals surface area contributed by atoms with Gasteiger partial charge in [0.15, 0.2) is 11.6 Å². The third-order valence-corrected chi connectivity index (χ3v) is 12.7. The molecule has 0 aliphatic heterocycles. The van der Waals surface area contributed by atoms with Crippen LogP contribution in [0.1, 0.15) is 87.0 Å². The van der Waals surface area contributed by atoms with E-state index in [-0.39, 0.29) is 57.9 Å². The fourth-order valence-electron chi connectivity index (χ4n) is 10.2. The molecule has 0 bridgehead atoms. The van der Waals surface area contributed by atoms with Crippen LogP contribution in [0.3, 0.4) is 0 Å². The van der Waals surface area contributed by atoms with Gasteiger partial charge < -0.3 is 9.90 Å². The van der Waals surface area contributed by atoms with Crippen molar-refractivity contribution in [3.05, 3.63) is 34.8 Å². The lowest BCUT2D eigenvalue weighted by Crippen LogP contribution is -2.66. The minimum absolute atomic E-state index is 0.0548. The number of nitrogens with zero attached hydrogens (tertiary/aromatic N) is 1. The van der Waals surface area contributed by atoms with Crippen LogP contribution in [0, 0.1) is 63.2 Å². The molecule has 3 fully saturated rings. The number of allylic oxidation sites excluding steroid dienone is 4. The number of fused-ring (bicyclic) bond motifs is 7. The van der Waals surface area contributed by atoms with Crippen molar-refractivity contribution >= 4 is 11.6 Å². The van der Waals surface area contributed by atoms with Crippen molar-refractivity contribution in [2.24, 2.45) is 56.7 Å². The van der Waals surface area contributed by atoms with Gasteiger partial charge >= 0.3 is 0 Å². The molecule has 190 valence electrons. The SMILES string of the molecule is [C-]#[N+]C1=C[C@]2(C)C3=CC(=O)[C@@H]4[C@@H]5[C@@H](C)[C@H](C)CC[C@]5(CO)CC[C@@]4(C)[C@]3(C)CC[C@H]2C(C)(C)C1=O. The number of aliphatic hydroxyl groups excluding tert-OH is 1. The third-order valence-electron chi connectivity index (χ3n) is 12.7. The van der Waals surface area contributed by atoms with E-state index in [2.05, 4.69) is 39.5 Å². The minimum atomic E-state index is -0.627. The number of Topliss-reactive ketones (excluding diaryl/α,β-unsaturated/α-hetero) is 1. The summed E-state index contributed by atoms with van der Waals surface area (Å²) >= 11 is 0. The number of hydrogen-bond donors (Lipinski definition) is 1. The summed E-state index contributed by atoms with van der Waals surface area (Å²) in [5.41, 5.74) is -0.252. The predicted octanol–water partition coefficient (Wildman–Crippen LogP) is 6.41. The van der Waals surface area contributed by atoms with Gasteiger partial charge in [-0.1, -0.05) is 60.1 Å². The van der Waals surface area contributed by atoms with Gasteiger partial charge in [0.25, 0.3) is 0 Å². The number of carbonyl (C=O) groups is 2. The zero-order valence-electron chi connectivity index (χ0n) is 22.7. The van der Waals surface area contributed by atoms with Gasteiger partial charge in [-0.3, -0.25) is 4.79 Å². The number of hydrogen-bond acceptors (Lipinski definition) is 3. The van der Waals surface area contributed by atoms with E-state index in [1.165, 1.54) is 0 Å². The van der Waals surface area contributed by atoms with Crippen LogP contribution in [0.4, 0.5) is 0 Å². The molecule has 0 amide bonds. The van der Waals surface area contributed by atoms with E-state index in [9.17, 15) is 14.7 Å². The lowest BCUT2D eigenvalue weighted by Gasteiger charge is -2.69. The Labute approximate surface area is 211 Å². The molecule has 3 saturated carbocycles. The molecule has 9 atom stereocenters. The Kier molecular flexibility index (Phi) is 5.28. The molecule has 4 nitrogen and oxygen atoms in total. The van der Waals surface area contributed by atoms with Crippen LogP contribution >= 0.6 is 0 Å². The summed E-state index contributed by atoms with van der Waals surface area (Å²) in [6.07, 6.45) is 9.82. The molecule has 0 heterocycles. The Hall–Kier alpha value is -1.73. The predicted molar refractivity (Wildman–Crippen MR) is 137 cm³/mol. The molecule has 0 aromatic heterocycles. The lowest BCUT2D eigenvalue weighted by molar-refractivity contribution is -0.183. The first kappa shape index (κ1) is 24.9. The number of aliphatic hydroxyl groups is 1. The van der Waals surface area contributed by atoms with E-state index in [4.69, 9.17) is 6.57 Å². The quantitative estimate of drug-likeness (QED) is 0.444. The summed E-state index contributed by atoms with van der Waals surface area (Å²) in [5.74, 6) is 1.30.